The number of rotatable bonds is 6. The van der Waals surface area contributed by atoms with E-state index in [1.54, 1.807) is 0 Å². The zero-order valence-electron chi connectivity index (χ0n) is 33.7. The van der Waals surface area contributed by atoms with Gasteiger partial charge >= 0.3 is 0 Å². The van der Waals surface area contributed by atoms with Gasteiger partial charge < -0.3 is 13.4 Å². The molecule has 0 amide bonds. The van der Waals surface area contributed by atoms with E-state index in [4.69, 9.17) is 23.8 Å². The van der Waals surface area contributed by atoms with Crippen LogP contribution in [-0.4, -0.2) is 19.5 Å². The van der Waals surface area contributed by atoms with Gasteiger partial charge in [0.25, 0.3) is 0 Å². The summed E-state index contributed by atoms with van der Waals surface area (Å²) in [6, 6.07) is 71.6. The van der Waals surface area contributed by atoms with Crippen LogP contribution in [0.1, 0.15) is 0 Å². The van der Waals surface area contributed by atoms with E-state index in [0.29, 0.717) is 23.1 Å². The van der Waals surface area contributed by atoms with E-state index >= 15 is 0 Å². The van der Waals surface area contributed by atoms with Gasteiger partial charge in [0.15, 0.2) is 17.5 Å². The Morgan fingerprint density at radius 2 is 0.873 bits per heavy atom. The van der Waals surface area contributed by atoms with Crippen molar-refractivity contribution in [1.29, 1.82) is 0 Å². The number of furan rings is 2. The molecule has 0 atom stereocenters. The lowest BCUT2D eigenvalue weighted by atomic mass is 9.97. The summed E-state index contributed by atoms with van der Waals surface area (Å²) in [6.45, 7) is 0. The quantitative estimate of drug-likeness (QED) is 0.167. The summed E-state index contributed by atoms with van der Waals surface area (Å²) in [4.78, 5) is 15.8. The minimum Gasteiger partial charge on any atom is -0.456 e. The van der Waals surface area contributed by atoms with Gasteiger partial charge in [0.2, 0.25) is 0 Å². The van der Waals surface area contributed by atoms with Crippen LogP contribution in [0.15, 0.2) is 215 Å². The van der Waals surface area contributed by atoms with Gasteiger partial charge in [0, 0.05) is 54.7 Å². The normalized spacial score (nSPS) is 11.8. The van der Waals surface area contributed by atoms with Crippen LogP contribution in [0.2, 0.25) is 0 Å². The van der Waals surface area contributed by atoms with Gasteiger partial charge in [0.1, 0.15) is 22.3 Å². The third kappa shape index (κ3) is 5.69. The molecule has 0 N–H and O–H groups in total. The van der Waals surface area contributed by atoms with E-state index < -0.39 is 0 Å². The van der Waals surface area contributed by atoms with Crippen LogP contribution in [0.5, 0.6) is 0 Å². The second kappa shape index (κ2) is 14.0. The Hall–Kier alpha value is -8.61. The van der Waals surface area contributed by atoms with Crippen molar-refractivity contribution in [2.45, 2.75) is 0 Å². The number of hydrogen-bond acceptors (Lipinski definition) is 5. The number of para-hydroxylation sites is 4. The zero-order valence-corrected chi connectivity index (χ0v) is 33.7. The molecule has 6 heteroatoms. The molecular weight excluding hydrogens is 773 g/mol. The standard InChI is InChI=1S/C57H34N4O2/c1-3-15-35(16-4-1)37-19-13-20-38(31-37)41-24-14-25-45-47-33-40(61-49-26-10-7-21-42(49)43-22-8-11-27-50(43)61)34-48(54(47)63-53(41)45)57-59-55(36-17-5-2-6-18-36)58-56(60-57)39-29-30-52-46(32-39)44-23-9-12-28-51(44)62-52/h1-34H. The Morgan fingerprint density at radius 1 is 0.302 bits per heavy atom. The average molecular weight is 807 g/mol. The van der Waals surface area contributed by atoms with E-state index in [2.05, 4.69) is 144 Å². The molecule has 0 aliphatic heterocycles. The van der Waals surface area contributed by atoms with Crippen molar-refractivity contribution in [3.63, 3.8) is 0 Å². The molecule has 0 spiro atoms. The molecule has 63 heavy (non-hydrogen) atoms. The summed E-state index contributed by atoms with van der Waals surface area (Å²) in [6.07, 6.45) is 0. The smallest absolute Gasteiger partial charge is 0.167 e. The second-order valence-corrected chi connectivity index (χ2v) is 16.0. The molecular formula is C57H34N4O2. The van der Waals surface area contributed by atoms with Gasteiger partial charge in [-0.1, -0.05) is 152 Å². The fourth-order valence-corrected chi connectivity index (χ4v) is 9.31. The first kappa shape index (κ1) is 35.2. The molecule has 0 aliphatic rings. The van der Waals surface area contributed by atoms with Crippen molar-refractivity contribution < 1.29 is 8.83 Å². The van der Waals surface area contributed by atoms with Crippen molar-refractivity contribution in [1.82, 2.24) is 19.5 Å². The molecule has 9 aromatic carbocycles. The summed E-state index contributed by atoms with van der Waals surface area (Å²) in [5.41, 5.74) is 13.2. The van der Waals surface area contributed by atoms with Gasteiger partial charge in [-0.15, -0.1) is 0 Å². The van der Waals surface area contributed by atoms with Gasteiger partial charge in [-0.3, -0.25) is 0 Å². The Labute approximate surface area is 361 Å². The third-order valence-electron chi connectivity index (χ3n) is 12.2. The van der Waals surface area contributed by atoms with Gasteiger partial charge in [-0.05, 0) is 71.3 Å². The highest BCUT2D eigenvalue weighted by Gasteiger charge is 2.23. The van der Waals surface area contributed by atoms with Crippen LogP contribution in [0.4, 0.5) is 0 Å². The van der Waals surface area contributed by atoms with Gasteiger partial charge in [0.05, 0.1) is 16.6 Å². The van der Waals surface area contributed by atoms with E-state index in [1.165, 1.54) is 10.8 Å². The van der Waals surface area contributed by atoms with E-state index in [0.717, 1.165) is 94.0 Å². The SMILES string of the molecule is c1ccc(-c2cccc(-c3cccc4c3oc3c(-c5nc(-c6ccccc6)nc(-c6ccc7oc8ccccc8c7c6)n5)cc(-n5c6ccccc6c6ccccc65)cc34)c2)cc1. The van der Waals surface area contributed by atoms with E-state index in [-0.39, 0.29) is 0 Å². The minimum absolute atomic E-state index is 0.510. The molecule has 294 valence electrons. The van der Waals surface area contributed by atoms with Gasteiger partial charge in [-0.2, -0.15) is 0 Å². The number of hydrogen-bond donors (Lipinski definition) is 0. The van der Waals surface area contributed by atoms with Crippen LogP contribution in [-0.2, 0) is 0 Å². The Morgan fingerprint density at radius 3 is 1.65 bits per heavy atom. The summed E-state index contributed by atoms with van der Waals surface area (Å²) >= 11 is 0. The van der Waals surface area contributed by atoms with E-state index in [9.17, 15) is 0 Å². The molecule has 4 aromatic heterocycles. The fourth-order valence-electron chi connectivity index (χ4n) is 9.31. The summed E-state index contributed by atoms with van der Waals surface area (Å²) in [5, 5.41) is 6.39. The van der Waals surface area contributed by atoms with Crippen molar-refractivity contribution in [2.75, 3.05) is 0 Å². The van der Waals surface area contributed by atoms with Gasteiger partial charge in [-0.25, -0.2) is 15.0 Å². The van der Waals surface area contributed by atoms with Crippen LogP contribution in [0.3, 0.4) is 0 Å². The molecule has 0 unspecified atom stereocenters. The maximum absolute atomic E-state index is 7.18. The Balaban J connectivity index is 1.10. The zero-order chi connectivity index (χ0) is 41.4. The predicted molar refractivity (Wildman–Crippen MR) is 256 cm³/mol. The highest BCUT2D eigenvalue weighted by molar-refractivity contribution is 6.15. The number of benzene rings is 9. The molecule has 13 rings (SSSR count). The van der Waals surface area contributed by atoms with Crippen LogP contribution in [0, 0.1) is 0 Å². The van der Waals surface area contributed by atoms with E-state index in [1.807, 2.05) is 66.7 Å². The van der Waals surface area contributed by atoms with Crippen molar-refractivity contribution in [3.8, 4) is 62.1 Å². The number of fused-ring (bicyclic) bond motifs is 9. The maximum atomic E-state index is 7.18. The molecule has 0 aliphatic carbocycles. The maximum Gasteiger partial charge on any atom is 0.167 e. The Bertz CT molecular complexity index is 3870. The lowest BCUT2D eigenvalue weighted by Crippen LogP contribution is -2.01. The topological polar surface area (TPSA) is 69.9 Å². The average Bonchev–Trinajstić information content (AvgIpc) is 4.04. The predicted octanol–water partition coefficient (Wildman–Crippen LogP) is 15.1. The molecule has 4 heterocycles. The third-order valence-corrected chi connectivity index (χ3v) is 12.2. The molecule has 13 aromatic rings. The fraction of sp³-hybridized carbons (Fsp3) is 0. The van der Waals surface area contributed by atoms with Crippen molar-refractivity contribution in [3.05, 3.63) is 206 Å². The summed E-state index contributed by atoms with van der Waals surface area (Å²) < 4.78 is 15.7. The highest BCUT2D eigenvalue weighted by Crippen LogP contribution is 2.43. The minimum atomic E-state index is 0.510. The Kier molecular flexibility index (Phi) is 7.80. The monoisotopic (exact) mass is 806 g/mol. The lowest BCUT2D eigenvalue weighted by molar-refractivity contribution is 0.669. The molecule has 0 fully saturated rings. The first-order valence-electron chi connectivity index (χ1n) is 21.1. The summed E-state index contributed by atoms with van der Waals surface area (Å²) in [7, 11) is 0. The van der Waals surface area contributed by atoms with Crippen molar-refractivity contribution in [2.24, 2.45) is 0 Å². The lowest BCUT2D eigenvalue weighted by Gasteiger charge is -2.12. The van der Waals surface area contributed by atoms with Crippen LogP contribution >= 0.6 is 0 Å². The largest absolute Gasteiger partial charge is 0.456 e. The second-order valence-electron chi connectivity index (χ2n) is 16.0. The molecule has 0 bridgehead atoms. The summed E-state index contributed by atoms with van der Waals surface area (Å²) in [5.74, 6) is 1.63. The van der Waals surface area contributed by atoms with Crippen molar-refractivity contribution >= 4 is 65.7 Å². The molecule has 6 nitrogen and oxygen atoms in total. The van der Waals surface area contributed by atoms with Crippen LogP contribution in [0.25, 0.3) is 128 Å². The first-order chi connectivity index (χ1) is 31.2. The number of nitrogens with zero attached hydrogens (tertiary/aromatic N) is 4. The molecule has 0 saturated heterocycles. The number of aromatic nitrogens is 4. The van der Waals surface area contributed by atoms with Crippen LogP contribution < -0.4 is 0 Å². The molecule has 0 radical (unpaired) electrons. The first-order valence-corrected chi connectivity index (χ1v) is 21.1. The highest BCUT2D eigenvalue weighted by atomic mass is 16.3. The molecule has 0 saturated carbocycles.